The molecule has 1 aromatic rings. The summed E-state index contributed by atoms with van der Waals surface area (Å²) in [6.45, 7) is 3.36. The fourth-order valence-corrected chi connectivity index (χ4v) is 6.96. The van der Waals surface area contributed by atoms with Gasteiger partial charge < -0.3 is 5.32 Å². The van der Waals surface area contributed by atoms with Crippen molar-refractivity contribution in [3.63, 3.8) is 0 Å². The van der Waals surface area contributed by atoms with Crippen LogP contribution in [0, 0.1) is 29.6 Å². The third-order valence-electron chi connectivity index (χ3n) is 5.76. The van der Waals surface area contributed by atoms with Crippen LogP contribution in [0.15, 0.2) is 9.85 Å². The van der Waals surface area contributed by atoms with Crippen molar-refractivity contribution in [2.45, 2.75) is 38.6 Å². The molecule has 4 heteroatoms. The fraction of sp³-hybridized carbons (Fsp3) is 0.750. The van der Waals surface area contributed by atoms with Gasteiger partial charge in [0.05, 0.1) is 8.81 Å². The molecule has 0 amide bonds. The molecule has 0 saturated heterocycles. The van der Waals surface area contributed by atoms with Crippen LogP contribution >= 0.6 is 38.9 Å². The zero-order valence-electron chi connectivity index (χ0n) is 11.7. The minimum absolute atomic E-state index is 0.544. The van der Waals surface area contributed by atoms with Crippen molar-refractivity contribution in [2.75, 3.05) is 6.54 Å². The average Bonchev–Trinajstić information content (AvgIpc) is 2.74. The number of fused-ring (bicyclic) bond motifs is 5. The third kappa shape index (κ3) is 2.12. The molecule has 1 nitrogen and oxygen atoms in total. The summed E-state index contributed by atoms with van der Waals surface area (Å²) in [5, 5.41) is 4.69. The molecule has 3 saturated carbocycles. The number of rotatable bonds is 5. The lowest BCUT2D eigenvalue weighted by atomic mass is 9.96. The Kier molecular flexibility index (Phi) is 3.69. The zero-order chi connectivity index (χ0) is 13.9. The normalized spacial score (nSPS) is 39.0. The van der Waals surface area contributed by atoms with Crippen LogP contribution in [-0.4, -0.2) is 6.54 Å². The van der Waals surface area contributed by atoms with Crippen LogP contribution in [-0.2, 0) is 0 Å². The van der Waals surface area contributed by atoms with E-state index >= 15 is 0 Å². The van der Waals surface area contributed by atoms with Crippen molar-refractivity contribution in [3.8, 4) is 0 Å². The lowest BCUT2D eigenvalue weighted by Crippen LogP contribution is -2.25. The van der Waals surface area contributed by atoms with E-state index in [0.717, 1.165) is 44.9 Å². The first kappa shape index (κ1) is 14.0. The molecule has 0 aromatic carbocycles. The molecular formula is C16H21BrClNS. The second-order valence-corrected chi connectivity index (χ2v) is 9.58. The Labute approximate surface area is 138 Å². The molecule has 2 bridgehead atoms. The van der Waals surface area contributed by atoms with E-state index in [-0.39, 0.29) is 0 Å². The third-order valence-corrected chi connectivity index (χ3v) is 8.32. The molecule has 110 valence electrons. The number of thiophene rings is 1. The first-order valence-corrected chi connectivity index (χ1v) is 9.87. The van der Waals surface area contributed by atoms with E-state index in [2.05, 4.69) is 34.2 Å². The molecule has 1 aromatic heterocycles. The molecule has 0 radical (unpaired) electrons. The first-order chi connectivity index (χ1) is 9.70. The van der Waals surface area contributed by atoms with Crippen LogP contribution < -0.4 is 5.32 Å². The van der Waals surface area contributed by atoms with Crippen LogP contribution in [0.1, 0.15) is 43.5 Å². The first-order valence-electron chi connectivity index (χ1n) is 7.88. The summed E-state index contributed by atoms with van der Waals surface area (Å²) in [5.41, 5.74) is 0. The molecule has 1 heterocycles. The molecule has 5 atom stereocenters. The molecule has 3 aliphatic rings. The van der Waals surface area contributed by atoms with Gasteiger partial charge in [-0.15, -0.1) is 11.3 Å². The monoisotopic (exact) mass is 373 g/mol. The second-order valence-electron chi connectivity index (χ2n) is 6.77. The standard InChI is InChI=1S/C16H21BrClNS/c1-2-5-19-15(11-7-10(18)16(17)20-11)14-12-8-3-4-9(6-8)13(12)14/h7-9,12-15,19H,2-6H2,1H3. The van der Waals surface area contributed by atoms with Gasteiger partial charge in [0.25, 0.3) is 0 Å². The van der Waals surface area contributed by atoms with Crippen molar-refractivity contribution in [2.24, 2.45) is 29.6 Å². The minimum Gasteiger partial charge on any atom is -0.309 e. The molecule has 20 heavy (non-hydrogen) atoms. The second kappa shape index (κ2) is 5.26. The van der Waals surface area contributed by atoms with Crippen LogP contribution in [0.4, 0.5) is 0 Å². The smallest absolute Gasteiger partial charge is 0.0887 e. The van der Waals surface area contributed by atoms with Crippen molar-refractivity contribution in [3.05, 3.63) is 19.8 Å². The maximum absolute atomic E-state index is 6.26. The van der Waals surface area contributed by atoms with Crippen molar-refractivity contribution in [1.29, 1.82) is 0 Å². The molecule has 1 N–H and O–H groups in total. The van der Waals surface area contributed by atoms with Crippen LogP contribution in [0.25, 0.3) is 0 Å². The van der Waals surface area contributed by atoms with E-state index < -0.39 is 0 Å². The highest BCUT2D eigenvalue weighted by atomic mass is 79.9. The number of hydrogen-bond acceptors (Lipinski definition) is 2. The molecular weight excluding hydrogens is 354 g/mol. The largest absolute Gasteiger partial charge is 0.309 e. The summed E-state index contributed by atoms with van der Waals surface area (Å²) in [6, 6.07) is 2.72. The van der Waals surface area contributed by atoms with Crippen LogP contribution in [0.2, 0.25) is 5.02 Å². The Balaban J connectivity index is 1.57. The van der Waals surface area contributed by atoms with Gasteiger partial charge in [-0.05, 0) is 83.8 Å². The zero-order valence-corrected chi connectivity index (χ0v) is 14.9. The van der Waals surface area contributed by atoms with Crippen molar-refractivity contribution >= 4 is 38.9 Å². The van der Waals surface area contributed by atoms with E-state index in [0.29, 0.717) is 6.04 Å². The van der Waals surface area contributed by atoms with Gasteiger partial charge in [-0.3, -0.25) is 0 Å². The highest BCUT2D eigenvalue weighted by Gasteiger charge is 2.66. The molecule has 0 spiro atoms. The fourth-order valence-electron chi connectivity index (χ4n) is 5.08. The summed E-state index contributed by atoms with van der Waals surface area (Å²) in [6.07, 6.45) is 5.72. The Morgan fingerprint density at radius 2 is 2.10 bits per heavy atom. The summed E-state index contributed by atoms with van der Waals surface area (Å²) in [4.78, 5) is 1.44. The van der Waals surface area contributed by atoms with Gasteiger partial charge in [0, 0.05) is 10.9 Å². The van der Waals surface area contributed by atoms with E-state index in [1.807, 2.05) is 11.3 Å². The quantitative estimate of drug-likeness (QED) is 0.718. The molecule has 3 fully saturated rings. The summed E-state index contributed by atoms with van der Waals surface area (Å²) in [5.74, 6) is 5.00. The van der Waals surface area contributed by atoms with Gasteiger partial charge in [-0.2, -0.15) is 0 Å². The van der Waals surface area contributed by atoms with Crippen LogP contribution in [0.3, 0.4) is 0 Å². The maximum atomic E-state index is 6.26. The number of nitrogens with one attached hydrogen (secondary N) is 1. The Hall–Kier alpha value is 0.430. The van der Waals surface area contributed by atoms with Gasteiger partial charge >= 0.3 is 0 Å². The van der Waals surface area contributed by atoms with Crippen molar-refractivity contribution in [1.82, 2.24) is 5.32 Å². The summed E-state index contributed by atoms with van der Waals surface area (Å²) in [7, 11) is 0. The highest BCUT2D eigenvalue weighted by Crippen LogP contribution is 2.72. The number of halogens is 2. The SMILES string of the molecule is CCCNC(c1cc(Cl)c(Br)s1)C1C2C3CCC(C3)C21. The van der Waals surface area contributed by atoms with Gasteiger partial charge in [0.15, 0.2) is 0 Å². The Bertz CT molecular complexity index is 481. The Morgan fingerprint density at radius 3 is 2.65 bits per heavy atom. The van der Waals surface area contributed by atoms with Gasteiger partial charge in [0.2, 0.25) is 0 Å². The molecule has 3 aliphatic carbocycles. The summed E-state index contributed by atoms with van der Waals surface area (Å²) < 4.78 is 1.09. The van der Waals surface area contributed by atoms with E-state index in [9.17, 15) is 0 Å². The van der Waals surface area contributed by atoms with Crippen LogP contribution in [0.5, 0.6) is 0 Å². The predicted molar refractivity (Wildman–Crippen MR) is 89.4 cm³/mol. The van der Waals surface area contributed by atoms with Gasteiger partial charge in [-0.25, -0.2) is 0 Å². The van der Waals surface area contributed by atoms with E-state index in [1.54, 1.807) is 0 Å². The van der Waals surface area contributed by atoms with E-state index in [4.69, 9.17) is 11.6 Å². The lowest BCUT2D eigenvalue weighted by molar-refractivity contribution is 0.374. The number of hydrogen-bond donors (Lipinski definition) is 1. The van der Waals surface area contributed by atoms with Gasteiger partial charge in [-0.1, -0.05) is 18.5 Å². The molecule has 5 unspecified atom stereocenters. The van der Waals surface area contributed by atoms with Crippen molar-refractivity contribution < 1.29 is 0 Å². The maximum Gasteiger partial charge on any atom is 0.0887 e. The van der Waals surface area contributed by atoms with Gasteiger partial charge in [0.1, 0.15) is 0 Å². The average molecular weight is 375 g/mol. The minimum atomic E-state index is 0.544. The topological polar surface area (TPSA) is 12.0 Å². The van der Waals surface area contributed by atoms with E-state index in [1.165, 1.54) is 30.6 Å². The predicted octanol–water partition coefficient (Wildman–Crippen LogP) is 5.50. The lowest BCUT2D eigenvalue weighted by Gasteiger charge is -2.20. The summed E-state index contributed by atoms with van der Waals surface area (Å²) >= 11 is 11.7. The molecule has 4 rings (SSSR count). The molecule has 0 aliphatic heterocycles. The Morgan fingerprint density at radius 1 is 1.40 bits per heavy atom. The highest BCUT2D eigenvalue weighted by molar-refractivity contribution is 9.11.